The average molecular weight is 635 g/mol. The Morgan fingerprint density at radius 2 is 1.74 bits per heavy atom. The summed E-state index contributed by atoms with van der Waals surface area (Å²) in [5.41, 5.74) is 2.70. The first-order valence-corrected chi connectivity index (χ1v) is 15.7. The van der Waals surface area contributed by atoms with Crippen LogP contribution in [0.2, 0.25) is 0 Å². The van der Waals surface area contributed by atoms with Gasteiger partial charge in [0.15, 0.2) is 0 Å². The number of aryl methyl sites for hydroxylation is 2. The van der Waals surface area contributed by atoms with Crippen LogP contribution in [0, 0.1) is 0 Å². The number of hydrogen-bond donors (Lipinski definition) is 3. The van der Waals surface area contributed by atoms with Gasteiger partial charge in [-0.25, -0.2) is 0 Å². The number of hydrogen-bond acceptors (Lipinski definition) is 4. The van der Waals surface area contributed by atoms with Crippen LogP contribution in [-0.4, -0.2) is 46.7 Å². The number of alkyl halides is 3. The first kappa shape index (κ1) is 33.2. The molecule has 2 heterocycles. The highest BCUT2D eigenvalue weighted by Gasteiger charge is 2.33. The lowest BCUT2D eigenvalue weighted by molar-refractivity contribution is -0.137. The second-order valence-electron chi connectivity index (χ2n) is 12.6. The number of amides is 2. The van der Waals surface area contributed by atoms with Gasteiger partial charge in [-0.2, -0.15) is 13.2 Å². The van der Waals surface area contributed by atoms with Gasteiger partial charge in [-0.3, -0.25) is 9.59 Å². The van der Waals surface area contributed by atoms with Gasteiger partial charge in [0.05, 0.1) is 28.9 Å². The molecule has 0 aliphatic carbocycles. The normalized spacial score (nSPS) is 15.4. The van der Waals surface area contributed by atoms with E-state index < -0.39 is 35.3 Å². The number of fused-ring (bicyclic) bond motifs is 1. The van der Waals surface area contributed by atoms with Crippen molar-refractivity contribution in [3.8, 4) is 0 Å². The fourth-order valence-corrected chi connectivity index (χ4v) is 6.22. The fourth-order valence-electron chi connectivity index (χ4n) is 6.22. The SMILES string of the molecule is CCc1cn(C)c2c(N3CCCC3=O)cc(C(=O)N[C@@H](Cc3ccccc3)[C@@H](O)CNC(C)(C)c3cccc(C(F)(F)F)c3)cc12. The number of rotatable bonds is 11. The number of carbonyl (C=O) groups is 2. The number of carbonyl (C=O) groups excluding carboxylic acids is 2. The zero-order valence-corrected chi connectivity index (χ0v) is 26.6. The van der Waals surface area contributed by atoms with Crippen LogP contribution >= 0.6 is 0 Å². The predicted octanol–water partition coefficient (Wildman–Crippen LogP) is 6.11. The van der Waals surface area contributed by atoms with Crippen LogP contribution in [0.1, 0.15) is 66.2 Å². The predicted molar refractivity (Wildman–Crippen MR) is 174 cm³/mol. The molecule has 0 saturated carbocycles. The molecule has 4 aromatic rings. The second-order valence-corrected chi connectivity index (χ2v) is 12.6. The zero-order chi connectivity index (χ0) is 33.2. The molecule has 1 aliphatic heterocycles. The quantitative estimate of drug-likeness (QED) is 0.186. The minimum atomic E-state index is -4.47. The van der Waals surface area contributed by atoms with Crippen LogP contribution in [0.25, 0.3) is 10.9 Å². The molecule has 2 amide bonds. The van der Waals surface area contributed by atoms with Gasteiger partial charge in [0.2, 0.25) is 5.91 Å². The van der Waals surface area contributed by atoms with Crippen LogP contribution in [0.4, 0.5) is 18.9 Å². The highest BCUT2D eigenvalue weighted by molar-refractivity contribution is 6.08. The van der Waals surface area contributed by atoms with Crippen molar-refractivity contribution in [1.82, 2.24) is 15.2 Å². The van der Waals surface area contributed by atoms with Crippen molar-refractivity contribution in [3.05, 3.63) is 101 Å². The van der Waals surface area contributed by atoms with Gasteiger partial charge >= 0.3 is 6.18 Å². The third-order valence-corrected chi connectivity index (χ3v) is 8.89. The number of aliphatic hydroxyl groups is 1. The smallest absolute Gasteiger partial charge is 0.390 e. The maximum atomic E-state index is 13.9. The maximum absolute atomic E-state index is 13.9. The number of anilines is 1. The molecule has 2 atom stereocenters. The van der Waals surface area contributed by atoms with E-state index in [0.717, 1.165) is 47.0 Å². The molecule has 46 heavy (non-hydrogen) atoms. The molecule has 5 rings (SSSR count). The van der Waals surface area contributed by atoms with E-state index in [9.17, 15) is 27.9 Å². The second kappa shape index (κ2) is 13.3. The number of benzene rings is 3. The molecular formula is C36H41F3N4O3. The third-order valence-electron chi connectivity index (χ3n) is 8.89. The van der Waals surface area contributed by atoms with E-state index in [2.05, 4.69) is 10.6 Å². The van der Waals surface area contributed by atoms with Crippen molar-refractivity contribution in [3.63, 3.8) is 0 Å². The maximum Gasteiger partial charge on any atom is 0.416 e. The number of aliphatic hydroxyl groups excluding tert-OH is 1. The molecule has 7 nitrogen and oxygen atoms in total. The third kappa shape index (κ3) is 7.13. The van der Waals surface area contributed by atoms with E-state index in [1.165, 1.54) is 6.07 Å². The highest BCUT2D eigenvalue weighted by atomic mass is 19.4. The number of nitrogens with zero attached hydrogens (tertiary/aromatic N) is 2. The molecule has 1 aromatic heterocycles. The summed E-state index contributed by atoms with van der Waals surface area (Å²) in [7, 11) is 1.94. The first-order valence-electron chi connectivity index (χ1n) is 15.7. The molecule has 3 N–H and O–H groups in total. The van der Waals surface area contributed by atoms with Gasteiger partial charge in [0, 0.05) is 49.2 Å². The Labute approximate surface area is 267 Å². The van der Waals surface area contributed by atoms with Gasteiger partial charge in [-0.1, -0.05) is 49.4 Å². The Morgan fingerprint density at radius 1 is 1.02 bits per heavy atom. The molecule has 0 unspecified atom stereocenters. The largest absolute Gasteiger partial charge is 0.416 e. The Bertz CT molecular complexity index is 1710. The topological polar surface area (TPSA) is 86.6 Å². The molecule has 1 aliphatic rings. The zero-order valence-electron chi connectivity index (χ0n) is 26.6. The molecule has 0 radical (unpaired) electrons. The summed E-state index contributed by atoms with van der Waals surface area (Å²) in [4.78, 5) is 28.5. The lowest BCUT2D eigenvalue weighted by Crippen LogP contribution is -2.51. The number of aromatic nitrogens is 1. The van der Waals surface area contributed by atoms with Gasteiger partial charge in [0.25, 0.3) is 5.91 Å². The van der Waals surface area contributed by atoms with Gasteiger partial charge in [-0.05, 0) is 74.1 Å². The van der Waals surface area contributed by atoms with E-state index in [1.807, 2.05) is 61.1 Å². The molecule has 0 spiro atoms. The summed E-state index contributed by atoms with van der Waals surface area (Å²) < 4.78 is 42.2. The lowest BCUT2D eigenvalue weighted by atomic mass is 9.92. The van der Waals surface area contributed by atoms with Gasteiger partial charge in [-0.15, -0.1) is 0 Å². The summed E-state index contributed by atoms with van der Waals surface area (Å²) >= 11 is 0. The van der Waals surface area contributed by atoms with Crippen LogP contribution < -0.4 is 15.5 Å². The Kier molecular flexibility index (Phi) is 9.60. The fraction of sp³-hybridized carbons (Fsp3) is 0.389. The van der Waals surface area contributed by atoms with Crippen LogP contribution in [0.5, 0.6) is 0 Å². The highest BCUT2D eigenvalue weighted by Crippen LogP contribution is 2.35. The summed E-state index contributed by atoms with van der Waals surface area (Å²) in [6.45, 7) is 6.13. The molecule has 3 aromatic carbocycles. The van der Waals surface area contributed by atoms with Crippen molar-refractivity contribution >= 4 is 28.4 Å². The van der Waals surface area contributed by atoms with Crippen molar-refractivity contribution < 1.29 is 27.9 Å². The van der Waals surface area contributed by atoms with E-state index in [1.54, 1.807) is 30.9 Å². The standard InChI is InChI=1S/C36H41F3N4O3/c1-5-24-22-42(4)33-28(24)18-25(19-30(33)43-16-10-15-32(43)45)34(46)41-29(17-23-11-7-6-8-12-23)31(44)21-40-35(2,3)26-13-9-14-27(20-26)36(37,38)39/h6-9,11-14,18-20,22,29,31,40,44H,5,10,15-17,21H2,1-4H3,(H,41,46)/t29-,31-/m0/s1. The molecule has 10 heteroatoms. The van der Waals surface area contributed by atoms with Crippen LogP contribution in [-0.2, 0) is 36.4 Å². The van der Waals surface area contributed by atoms with Gasteiger partial charge < -0.3 is 25.2 Å². The summed E-state index contributed by atoms with van der Waals surface area (Å²) in [6, 6.07) is 17.4. The van der Waals surface area contributed by atoms with Crippen molar-refractivity contribution in [2.45, 2.75) is 70.3 Å². The van der Waals surface area contributed by atoms with Crippen LogP contribution in [0.3, 0.4) is 0 Å². The Hall–Kier alpha value is -4.15. The first-order chi connectivity index (χ1) is 21.8. The molecule has 244 valence electrons. The van der Waals surface area contributed by atoms with E-state index in [4.69, 9.17) is 0 Å². The summed E-state index contributed by atoms with van der Waals surface area (Å²) in [5, 5.41) is 18.6. The summed E-state index contributed by atoms with van der Waals surface area (Å²) in [6.07, 6.45) is -1.26. The van der Waals surface area contributed by atoms with Crippen LogP contribution in [0.15, 0.2) is 72.9 Å². The number of nitrogens with one attached hydrogen (secondary N) is 2. The van der Waals surface area contributed by atoms with Crippen molar-refractivity contribution in [2.24, 2.45) is 7.05 Å². The Morgan fingerprint density at radius 3 is 2.39 bits per heavy atom. The van der Waals surface area contributed by atoms with E-state index >= 15 is 0 Å². The van der Waals surface area contributed by atoms with Crippen molar-refractivity contribution in [2.75, 3.05) is 18.0 Å². The van der Waals surface area contributed by atoms with E-state index in [-0.39, 0.29) is 12.5 Å². The average Bonchev–Trinajstić information content (AvgIpc) is 3.61. The minimum absolute atomic E-state index is 0.00621. The minimum Gasteiger partial charge on any atom is -0.390 e. The monoisotopic (exact) mass is 634 g/mol. The van der Waals surface area contributed by atoms with E-state index in [0.29, 0.717) is 36.2 Å². The number of halogens is 3. The van der Waals surface area contributed by atoms with Gasteiger partial charge in [0.1, 0.15) is 0 Å². The summed E-state index contributed by atoms with van der Waals surface area (Å²) in [5.74, 6) is -0.372. The Balaban J connectivity index is 1.42. The molecule has 1 fully saturated rings. The molecule has 0 bridgehead atoms. The molecule has 1 saturated heterocycles. The van der Waals surface area contributed by atoms with Crippen molar-refractivity contribution in [1.29, 1.82) is 0 Å². The lowest BCUT2D eigenvalue weighted by Gasteiger charge is -2.32. The molecular weight excluding hydrogens is 593 g/mol.